The van der Waals surface area contributed by atoms with E-state index in [4.69, 9.17) is 9.47 Å². The number of carbonyl (C=O) groups is 1. The molecular formula is C22H25F2NO3S. The summed E-state index contributed by atoms with van der Waals surface area (Å²) in [5.74, 6) is -0.981. The van der Waals surface area contributed by atoms with Gasteiger partial charge < -0.3 is 14.8 Å². The fourth-order valence-electron chi connectivity index (χ4n) is 3.44. The van der Waals surface area contributed by atoms with Crippen LogP contribution in [-0.4, -0.2) is 38.0 Å². The molecule has 1 N–H and O–H groups in total. The number of nitrogens with one attached hydrogen (secondary N) is 1. The van der Waals surface area contributed by atoms with E-state index in [9.17, 15) is 13.6 Å². The Hall–Kier alpha value is -2.12. The summed E-state index contributed by atoms with van der Waals surface area (Å²) < 4.78 is 37.4. The van der Waals surface area contributed by atoms with Gasteiger partial charge in [0, 0.05) is 30.1 Å². The van der Waals surface area contributed by atoms with E-state index in [-0.39, 0.29) is 17.1 Å². The van der Waals surface area contributed by atoms with Gasteiger partial charge in [-0.1, -0.05) is 12.1 Å². The molecule has 4 nitrogen and oxygen atoms in total. The minimum atomic E-state index is -0.910. The highest BCUT2D eigenvalue weighted by molar-refractivity contribution is 8.00. The third-order valence-electron chi connectivity index (χ3n) is 5.11. The fraction of sp³-hybridized carbons (Fsp3) is 0.409. The molecule has 0 spiro atoms. The zero-order chi connectivity index (χ0) is 20.7. The molecule has 1 saturated heterocycles. The molecule has 156 valence electrons. The summed E-state index contributed by atoms with van der Waals surface area (Å²) in [6.45, 7) is 4.35. The second kappa shape index (κ2) is 10.1. The van der Waals surface area contributed by atoms with E-state index in [1.165, 1.54) is 17.8 Å². The van der Waals surface area contributed by atoms with E-state index >= 15 is 0 Å². The number of carbonyl (C=O) groups excluding carboxylic acids is 1. The van der Waals surface area contributed by atoms with Crippen molar-refractivity contribution in [3.63, 3.8) is 0 Å². The first kappa shape index (κ1) is 21.6. The summed E-state index contributed by atoms with van der Waals surface area (Å²) in [7, 11) is 0. The Bertz CT molecular complexity index is 823. The minimum Gasteiger partial charge on any atom is -0.494 e. The number of thioether (sulfide) groups is 1. The average molecular weight is 422 g/mol. The van der Waals surface area contributed by atoms with Crippen LogP contribution < -0.4 is 10.1 Å². The summed E-state index contributed by atoms with van der Waals surface area (Å²) >= 11 is 1.18. The summed E-state index contributed by atoms with van der Waals surface area (Å²) in [6.07, 6.45) is 1.63. The van der Waals surface area contributed by atoms with Crippen molar-refractivity contribution in [3.8, 4) is 5.75 Å². The lowest BCUT2D eigenvalue weighted by molar-refractivity contribution is -0.119. The summed E-state index contributed by atoms with van der Waals surface area (Å²) in [6, 6.07) is 11.7. The first-order valence-electron chi connectivity index (χ1n) is 9.68. The topological polar surface area (TPSA) is 47.6 Å². The Morgan fingerprint density at radius 2 is 1.86 bits per heavy atom. The highest BCUT2D eigenvalue weighted by Crippen LogP contribution is 2.35. The predicted molar refractivity (Wildman–Crippen MR) is 109 cm³/mol. The fourth-order valence-corrected chi connectivity index (χ4v) is 4.19. The summed E-state index contributed by atoms with van der Waals surface area (Å²) in [5.41, 5.74) is 0.962. The number of hydrogen-bond acceptors (Lipinski definition) is 4. The Balaban J connectivity index is 1.61. The Morgan fingerprint density at radius 3 is 2.52 bits per heavy atom. The molecule has 7 heteroatoms. The van der Waals surface area contributed by atoms with Crippen molar-refractivity contribution in [1.82, 2.24) is 5.32 Å². The number of ether oxygens (including phenoxy) is 2. The van der Waals surface area contributed by atoms with Crippen LogP contribution in [0.3, 0.4) is 0 Å². The SMILES string of the molecule is CCOc1ccc(C2(CNC(=O)CSc3ccc(F)c(F)c3)CCOCC2)cc1. The maximum atomic E-state index is 13.3. The van der Waals surface area contributed by atoms with Crippen molar-refractivity contribution in [3.05, 3.63) is 59.7 Å². The van der Waals surface area contributed by atoms with Crippen molar-refractivity contribution in [1.29, 1.82) is 0 Å². The third-order valence-corrected chi connectivity index (χ3v) is 6.11. The molecule has 1 aliphatic rings. The normalized spacial score (nSPS) is 15.7. The molecule has 1 aliphatic heterocycles. The number of amides is 1. The van der Waals surface area contributed by atoms with Gasteiger partial charge in [0.25, 0.3) is 0 Å². The van der Waals surface area contributed by atoms with Crippen molar-refractivity contribution >= 4 is 17.7 Å². The van der Waals surface area contributed by atoms with Crippen molar-refractivity contribution < 1.29 is 23.0 Å². The van der Waals surface area contributed by atoms with E-state index in [2.05, 4.69) is 17.4 Å². The molecule has 1 amide bonds. The van der Waals surface area contributed by atoms with Crippen LogP contribution in [0.2, 0.25) is 0 Å². The zero-order valence-electron chi connectivity index (χ0n) is 16.4. The lowest BCUT2D eigenvalue weighted by Gasteiger charge is -2.38. The smallest absolute Gasteiger partial charge is 0.230 e. The average Bonchev–Trinajstić information content (AvgIpc) is 2.74. The van der Waals surface area contributed by atoms with Crippen LogP contribution in [0.15, 0.2) is 47.4 Å². The third kappa shape index (κ3) is 5.70. The molecule has 1 heterocycles. The molecule has 0 bridgehead atoms. The molecule has 0 aromatic heterocycles. The lowest BCUT2D eigenvalue weighted by atomic mass is 9.74. The molecule has 1 fully saturated rings. The number of halogens is 2. The molecule has 0 unspecified atom stereocenters. The number of rotatable bonds is 8. The van der Waals surface area contributed by atoms with Crippen molar-refractivity contribution in [2.24, 2.45) is 0 Å². The summed E-state index contributed by atoms with van der Waals surface area (Å²) in [4.78, 5) is 12.9. The molecular weight excluding hydrogens is 396 g/mol. The molecule has 2 aromatic rings. The van der Waals surface area contributed by atoms with Crippen molar-refractivity contribution in [2.45, 2.75) is 30.1 Å². The largest absolute Gasteiger partial charge is 0.494 e. The molecule has 29 heavy (non-hydrogen) atoms. The van der Waals surface area contributed by atoms with E-state index in [1.807, 2.05) is 19.1 Å². The van der Waals surface area contributed by atoms with Crippen LogP contribution in [0, 0.1) is 11.6 Å². The van der Waals surface area contributed by atoms with Gasteiger partial charge in [-0.25, -0.2) is 8.78 Å². The molecule has 0 saturated carbocycles. The van der Waals surface area contributed by atoms with Gasteiger partial charge in [-0.2, -0.15) is 0 Å². The van der Waals surface area contributed by atoms with E-state index in [0.29, 0.717) is 31.3 Å². The quantitative estimate of drug-likeness (QED) is 0.645. The van der Waals surface area contributed by atoms with E-state index < -0.39 is 11.6 Å². The standard InChI is InChI=1S/C22H25F2NO3S/c1-2-28-17-5-3-16(4-6-17)22(9-11-27-12-10-22)15-25-21(26)14-29-18-7-8-19(23)20(24)13-18/h3-8,13H,2,9-12,14-15H2,1H3,(H,25,26). The van der Waals surface area contributed by atoms with Crippen LogP contribution >= 0.6 is 11.8 Å². The van der Waals surface area contributed by atoms with Crippen LogP contribution in [0.4, 0.5) is 8.78 Å². The maximum Gasteiger partial charge on any atom is 0.230 e. The highest BCUT2D eigenvalue weighted by atomic mass is 32.2. The van der Waals surface area contributed by atoms with Gasteiger partial charge in [0.1, 0.15) is 5.75 Å². The first-order valence-corrected chi connectivity index (χ1v) is 10.7. The van der Waals surface area contributed by atoms with E-state index in [0.717, 1.165) is 36.3 Å². The second-order valence-electron chi connectivity index (χ2n) is 6.99. The first-order chi connectivity index (χ1) is 14.0. The molecule has 0 aliphatic carbocycles. The number of hydrogen-bond donors (Lipinski definition) is 1. The van der Waals surface area contributed by atoms with Gasteiger partial charge in [-0.15, -0.1) is 11.8 Å². The summed E-state index contributed by atoms with van der Waals surface area (Å²) in [5, 5.41) is 3.01. The van der Waals surface area contributed by atoms with Crippen LogP contribution in [-0.2, 0) is 14.9 Å². The molecule has 3 rings (SSSR count). The van der Waals surface area contributed by atoms with Gasteiger partial charge >= 0.3 is 0 Å². The van der Waals surface area contributed by atoms with Crippen molar-refractivity contribution in [2.75, 3.05) is 32.1 Å². The zero-order valence-corrected chi connectivity index (χ0v) is 17.2. The minimum absolute atomic E-state index is 0.140. The lowest BCUT2D eigenvalue weighted by Crippen LogP contribution is -2.45. The van der Waals surface area contributed by atoms with Crippen LogP contribution in [0.5, 0.6) is 5.75 Å². The monoisotopic (exact) mass is 421 g/mol. The molecule has 0 radical (unpaired) electrons. The Labute approximate surface area is 174 Å². The second-order valence-corrected chi connectivity index (χ2v) is 8.04. The molecule has 0 atom stereocenters. The van der Waals surface area contributed by atoms with Gasteiger partial charge in [0.2, 0.25) is 5.91 Å². The predicted octanol–water partition coefficient (Wildman–Crippen LogP) is 4.32. The van der Waals surface area contributed by atoms with E-state index in [1.54, 1.807) is 0 Å². The Morgan fingerprint density at radius 1 is 1.14 bits per heavy atom. The van der Waals surface area contributed by atoms with Gasteiger partial charge in [-0.05, 0) is 55.7 Å². The van der Waals surface area contributed by atoms with Gasteiger partial charge in [-0.3, -0.25) is 4.79 Å². The number of benzene rings is 2. The van der Waals surface area contributed by atoms with Gasteiger partial charge in [0.15, 0.2) is 11.6 Å². The Kier molecular flexibility index (Phi) is 7.50. The van der Waals surface area contributed by atoms with Crippen LogP contribution in [0.1, 0.15) is 25.3 Å². The maximum absolute atomic E-state index is 13.3. The molecule has 2 aromatic carbocycles. The highest BCUT2D eigenvalue weighted by Gasteiger charge is 2.34. The van der Waals surface area contributed by atoms with Crippen LogP contribution in [0.25, 0.3) is 0 Å². The van der Waals surface area contributed by atoms with Gasteiger partial charge in [0.05, 0.1) is 12.4 Å².